The molecule has 1 atom stereocenters. The predicted molar refractivity (Wildman–Crippen MR) is 136 cm³/mol. The summed E-state index contributed by atoms with van der Waals surface area (Å²) in [6.45, 7) is 4.39. The average molecular weight is 555 g/mol. The Bertz CT molecular complexity index is 1600. The Morgan fingerprint density at radius 2 is 1.73 bits per heavy atom. The van der Waals surface area contributed by atoms with Crippen LogP contribution in [0.15, 0.2) is 60.9 Å². The van der Waals surface area contributed by atoms with Gasteiger partial charge < -0.3 is 4.74 Å². The monoisotopic (exact) mass is 554 g/mol. The van der Waals surface area contributed by atoms with E-state index in [1.165, 1.54) is 41.2 Å². The highest BCUT2D eigenvalue weighted by molar-refractivity contribution is 5.66. The van der Waals surface area contributed by atoms with Gasteiger partial charge in [0.25, 0.3) is 0 Å². The van der Waals surface area contributed by atoms with Crippen LogP contribution in [0.3, 0.4) is 0 Å². The molecule has 0 N–H and O–H groups in total. The predicted octanol–water partition coefficient (Wildman–Crippen LogP) is 6.67. The van der Waals surface area contributed by atoms with E-state index in [0.29, 0.717) is 23.7 Å². The molecule has 1 unspecified atom stereocenters. The van der Waals surface area contributed by atoms with Gasteiger partial charge in [-0.1, -0.05) is 26.3 Å². The number of alkyl halides is 3. The lowest BCUT2D eigenvalue weighted by molar-refractivity contribution is -0.137. The summed E-state index contributed by atoms with van der Waals surface area (Å²) in [4.78, 5) is 8.49. The van der Waals surface area contributed by atoms with E-state index < -0.39 is 23.4 Å². The normalized spacial score (nSPS) is 12.6. The van der Waals surface area contributed by atoms with Crippen LogP contribution in [-0.2, 0) is 12.7 Å². The lowest BCUT2D eigenvalue weighted by atomic mass is 10.0. The largest absolute Gasteiger partial charge is 0.493 e. The number of fused-ring (bicyclic) bond motifs is 1. The summed E-state index contributed by atoms with van der Waals surface area (Å²) in [5.74, 6) is -1.68. The number of hydrogen-bond donors (Lipinski definition) is 0. The third kappa shape index (κ3) is 5.75. The molecule has 12 heteroatoms. The summed E-state index contributed by atoms with van der Waals surface area (Å²) in [5.41, 5.74) is 0.214. The van der Waals surface area contributed by atoms with Crippen LogP contribution >= 0.6 is 0 Å². The Labute approximate surface area is 226 Å². The van der Waals surface area contributed by atoms with Crippen LogP contribution in [0.25, 0.3) is 34.0 Å². The van der Waals surface area contributed by atoms with Gasteiger partial charge in [0.2, 0.25) is 0 Å². The molecule has 2 aliphatic rings. The SMILES string of the molecule is CCC(C)COc1ccc(-c2ccc(Cn3cc4nc(-c5cccc(F)c5F)nc-4cn3)nn2)c(C(F)(F)F)c1. The highest BCUT2D eigenvalue weighted by atomic mass is 19.4. The fourth-order valence-electron chi connectivity index (χ4n) is 3.93. The summed E-state index contributed by atoms with van der Waals surface area (Å²) in [6, 6.07) is 10.6. The van der Waals surface area contributed by atoms with Crippen LogP contribution in [0.1, 0.15) is 31.5 Å². The second-order valence-electron chi connectivity index (χ2n) is 9.33. The third-order valence-electron chi connectivity index (χ3n) is 6.35. The number of hydrogen-bond acceptors (Lipinski definition) is 6. The molecule has 0 aliphatic carbocycles. The van der Waals surface area contributed by atoms with Gasteiger partial charge in [-0.3, -0.25) is 4.68 Å². The minimum Gasteiger partial charge on any atom is -0.493 e. The highest BCUT2D eigenvalue weighted by Gasteiger charge is 2.34. The first-order chi connectivity index (χ1) is 19.1. The maximum atomic E-state index is 14.2. The second kappa shape index (κ2) is 10.9. The molecular weight excluding hydrogens is 531 g/mol. The van der Waals surface area contributed by atoms with Crippen LogP contribution in [0.2, 0.25) is 0 Å². The van der Waals surface area contributed by atoms with Gasteiger partial charge in [-0.05, 0) is 48.4 Å². The number of halogens is 5. The standard InChI is InChI=1S/C28H23F5N6O/c1-3-16(2)15-40-18-8-9-19(21(11-18)28(31,32)33)23-10-7-17(37-38-23)13-39-14-25-24(12-34-39)35-27(36-25)20-5-4-6-22(29)26(20)30/h4-12,14,16H,3,13,15H2,1-2H3. The molecular formula is C28H23F5N6O. The molecule has 1 aromatic heterocycles. The smallest absolute Gasteiger partial charge is 0.417 e. The van der Waals surface area contributed by atoms with Crippen molar-refractivity contribution in [3.8, 4) is 39.8 Å². The zero-order valence-corrected chi connectivity index (χ0v) is 21.5. The van der Waals surface area contributed by atoms with Crippen LogP contribution in [0.4, 0.5) is 22.0 Å². The van der Waals surface area contributed by atoms with Crippen molar-refractivity contribution in [3.05, 3.63) is 83.8 Å². The van der Waals surface area contributed by atoms with E-state index in [2.05, 4.69) is 25.3 Å². The van der Waals surface area contributed by atoms with Crippen molar-refractivity contribution >= 4 is 0 Å². The Kier molecular flexibility index (Phi) is 7.42. The van der Waals surface area contributed by atoms with Crippen LogP contribution < -0.4 is 4.74 Å². The molecule has 0 saturated heterocycles. The molecule has 2 aromatic carbocycles. The molecule has 2 aliphatic heterocycles. The minimum absolute atomic E-state index is 0.0208. The van der Waals surface area contributed by atoms with Crippen LogP contribution in [-0.4, -0.2) is 36.6 Å². The fraction of sp³-hybridized carbons (Fsp3) is 0.250. The highest BCUT2D eigenvalue weighted by Crippen LogP contribution is 2.38. The Balaban J connectivity index is 1.36. The quantitative estimate of drug-likeness (QED) is 0.199. The lowest BCUT2D eigenvalue weighted by Crippen LogP contribution is -2.11. The Morgan fingerprint density at radius 3 is 2.45 bits per heavy atom. The van der Waals surface area contributed by atoms with Gasteiger partial charge in [-0.2, -0.15) is 28.5 Å². The third-order valence-corrected chi connectivity index (χ3v) is 6.35. The maximum absolute atomic E-state index is 14.2. The number of rotatable bonds is 8. The molecule has 40 heavy (non-hydrogen) atoms. The molecule has 3 aromatic rings. The van der Waals surface area contributed by atoms with Gasteiger partial charge in [0, 0.05) is 5.56 Å². The number of benzene rings is 2. The first-order valence-electron chi connectivity index (χ1n) is 12.4. The number of imidazole rings is 1. The van der Waals surface area contributed by atoms with Gasteiger partial charge in [-0.25, -0.2) is 18.7 Å². The van der Waals surface area contributed by atoms with Crippen molar-refractivity contribution < 1.29 is 26.7 Å². The molecule has 0 amide bonds. The summed E-state index contributed by atoms with van der Waals surface area (Å²) in [5, 5.41) is 12.3. The van der Waals surface area contributed by atoms with E-state index in [1.807, 2.05) is 13.8 Å². The molecule has 206 valence electrons. The van der Waals surface area contributed by atoms with Crippen molar-refractivity contribution in [3.63, 3.8) is 0 Å². The summed E-state index contributed by atoms with van der Waals surface area (Å²) in [6.07, 6.45) is -0.789. The minimum atomic E-state index is -4.62. The number of ether oxygens (including phenoxy) is 1. The molecule has 0 fully saturated rings. The first-order valence-corrected chi connectivity index (χ1v) is 12.4. The molecule has 7 nitrogen and oxygen atoms in total. The van der Waals surface area contributed by atoms with E-state index in [4.69, 9.17) is 4.74 Å². The van der Waals surface area contributed by atoms with Crippen molar-refractivity contribution in [2.24, 2.45) is 5.92 Å². The number of aromatic nitrogens is 6. The van der Waals surface area contributed by atoms with Crippen molar-refractivity contribution in [2.75, 3.05) is 6.61 Å². The van der Waals surface area contributed by atoms with Crippen LogP contribution in [0, 0.1) is 17.6 Å². The van der Waals surface area contributed by atoms with E-state index in [-0.39, 0.29) is 40.9 Å². The van der Waals surface area contributed by atoms with Crippen LogP contribution in [0.5, 0.6) is 5.75 Å². The topological polar surface area (TPSA) is 78.6 Å². The van der Waals surface area contributed by atoms with Gasteiger partial charge in [0.05, 0.1) is 48.1 Å². The van der Waals surface area contributed by atoms with E-state index in [1.54, 1.807) is 12.3 Å². The molecule has 3 heterocycles. The summed E-state index contributed by atoms with van der Waals surface area (Å²) < 4.78 is 76.4. The maximum Gasteiger partial charge on any atom is 0.417 e. The van der Waals surface area contributed by atoms with Crippen molar-refractivity contribution in [2.45, 2.75) is 33.0 Å². The fourth-order valence-corrected chi connectivity index (χ4v) is 3.93. The molecule has 0 spiro atoms. The zero-order chi connectivity index (χ0) is 28.4. The van der Waals surface area contributed by atoms with Gasteiger partial charge in [0.15, 0.2) is 17.5 Å². The van der Waals surface area contributed by atoms with E-state index in [9.17, 15) is 22.0 Å². The number of nitrogens with zero attached hydrogens (tertiary/aromatic N) is 6. The molecule has 0 radical (unpaired) electrons. The average Bonchev–Trinajstić information content (AvgIpc) is 3.36. The Morgan fingerprint density at radius 1 is 0.925 bits per heavy atom. The Hall–Kier alpha value is -4.48. The summed E-state index contributed by atoms with van der Waals surface area (Å²) >= 11 is 0. The zero-order valence-electron chi connectivity index (χ0n) is 21.5. The van der Waals surface area contributed by atoms with E-state index in [0.717, 1.165) is 18.6 Å². The van der Waals surface area contributed by atoms with Gasteiger partial charge in [-0.15, -0.1) is 0 Å². The molecule has 0 bridgehead atoms. The van der Waals surface area contributed by atoms with Crippen molar-refractivity contribution in [1.29, 1.82) is 0 Å². The van der Waals surface area contributed by atoms with Crippen molar-refractivity contribution in [1.82, 2.24) is 29.9 Å². The lowest BCUT2D eigenvalue weighted by Gasteiger charge is -2.16. The molecule has 0 saturated carbocycles. The molecule has 5 rings (SSSR count). The summed E-state index contributed by atoms with van der Waals surface area (Å²) in [7, 11) is 0. The van der Waals surface area contributed by atoms with Gasteiger partial charge >= 0.3 is 6.18 Å². The van der Waals surface area contributed by atoms with E-state index >= 15 is 0 Å². The van der Waals surface area contributed by atoms with Gasteiger partial charge in [0.1, 0.15) is 17.1 Å². The second-order valence-corrected chi connectivity index (χ2v) is 9.33. The first kappa shape index (κ1) is 27.1.